The molecule has 0 aromatic carbocycles. The maximum atomic E-state index is 10.3. The van der Waals surface area contributed by atoms with Gasteiger partial charge in [-0.2, -0.15) is 0 Å². The lowest BCUT2D eigenvalue weighted by Gasteiger charge is -2.27. The van der Waals surface area contributed by atoms with E-state index >= 15 is 0 Å². The van der Waals surface area contributed by atoms with E-state index in [9.17, 15) is 4.79 Å². The van der Waals surface area contributed by atoms with Gasteiger partial charge in [0.25, 0.3) is 0 Å². The third kappa shape index (κ3) is 2.45. The van der Waals surface area contributed by atoms with Crippen LogP contribution in [-0.4, -0.2) is 36.3 Å². The molecule has 0 bridgehead atoms. The summed E-state index contributed by atoms with van der Waals surface area (Å²) in [4.78, 5) is 16.8. The second kappa shape index (κ2) is 4.57. The van der Waals surface area contributed by atoms with Crippen LogP contribution in [-0.2, 0) is 11.2 Å². The van der Waals surface area contributed by atoms with E-state index < -0.39 is 0 Å². The summed E-state index contributed by atoms with van der Waals surface area (Å²) in [5, 5.41) is 0. The van der Waals surface area contributed by atoms with Crippen molar-refractivity contribution in [2.24, 2.45) is 0 Å². The number of piperidine rings is 1. The summed E-state index contributed by atoms with van der Waals surface area (Å²) >= 11 is 0. The molecule has 4 nitrogen and oxygen atoms in total. The van der Waals surface area contributed by atoms with Gasteiger partial charge in [-0.15, -0.1) is 0 Å². The molecule has 0 saturated carbocycles. The standard InChI is InChI=1S/C11H16N2O2/c1-13-5-2-3-9(8-13)11-12-7-10(15-11)4-6-14/h6-7,9H,2-5,8H2,1H3. The molecule has 1 aromatic heterocycles. The predicted molar refractivity (Wildman–Crippen MR) is 55.7 cm³/mol. The Morgan fingerprint density at radius 2 is 2.60 bits per heavy atom. The van der Waals surface area contributed by atoms with Gasteiger partial charge in [0.2, 0.25) is 0 Å². The zero-order valence-electron chi connectivity index (χ0n) is 8.98. The number of aromatic nitrogens is 1. The number of likely N-dealkylation sites (N-methyl/N-ethyl adjacent to an activating group) is 1. The molecule has 1 aromatic rings. The van der Waals surface area contributed by atoms with Gasteiger partial charge in [-0.05, 0) is 26.4 Å². The van der Waals surface area contributed by atoms with E-state index in [1.54, 1.807) is 6.20 Å². The number of carbonyl (C=O) groups is 1. The van der Waals surface area contributed by atoms with Crippen molar-refractivity contribution in [1.29, 1.82) is 0 Å². The third-order valence-electron chi connectivity index (χ3n) is 2.83. The summed E-state index contributed by atoms with van der Waals surface area (Å²) in [6.45, 7) is 2.15. The lowest BCUT2D eigenvalue weighted by atomic mass is 9.99. The van der Waals surface area contributed by atoms with Crippen molar-refractivity contribution in [1.82, 2.24) is 9.88 Å². The first-order valence-electron chi connectivity index (χ1n) is 5.36. The van der Waals surface area contributed by atoms with Gasteiger partial charge >= 0.3 is 0 Å². The quantitative estimate of drug-likeness (QED) is 0.701. The van der Waals surface area contributed by atoms with E-state index in [0.29, 0.717) is 18.1 Å². The normalized spacial score (nSPS) is 22.9. The van der Waals surface area contributed by atoms with E-state index in [-0.39, 0.29) is 0 Å². The van der Waals surface area contributed by atoms with Crippen LogP contribution >= 0.6 is 0 Å². The minimum absolute atomic E-state index is 0.329. The van der Waals surface area contributed by atoms with Gasteiger partial charge < -0.3 is 14.1 Å². The Morgan fingerprint density at radius 1 is 1.73 bits per heavy atom. The molecular formula is C11H16N2O2. The topological polar surface area (TPSA) is 46.3 Å². The summed E-state index contributed by atoms with van der Waals surface area (Å²) in [5.74, 6) is 1.86. The Balaban J connectivity index is 2.04. The minimum Gasteiger partial charge on any atom is -0.445 e. The van der Waals surface area contributed by atoms with Gasteiger partial charge in [0.1, 0.15) is 12.0 Å². The zero-order chi connectivity index (χ0) is 10.7. The molecule has 2 rings (SSSR count). The van der Waals surface area contributed by atoms with Gasteiger partial charge in [-0.3, -0.25) is 0 Å². The molecule has 1 saturated heterocycles. The number of rotatable bonds is 3. The Bertz CT molecular complexity index is 335. The fourth-order valence-corrected chi connectivity index (χ4v) is 2.06. The number of aldehydes is 1. The van der Waals surface area contributed by atoms with E-state index in [1.807, 2.05) is 0 Å². The largest absolute Gasteiger partial charge is 0.445 e. The molecule has 15 heavy (non-hydrogen) atoms. The molecule has 4 heteroatoms. The zero-order valence-corrected chi connectivity index (χ0v) is 8.98. The maximum absolute atomic E-state index is 10.3. The second-order valence-corrected chi connectivity index (χ2v) is 4.14. The number of hydrogen-bond acceptors (Lipinski definition) is 4. The predicted octanol–water partition coefficient (Wildman–Crippen LogP) is 1.23. The van der Waals surface area contributed by atoms with Crippen LogP contribution in [0.2, 0.25) is 0 Å². The number of carbonyl (C=O) groups excluding carboxylic acids is 1. The second-order valence-electron chi connectivity index (χ2n) is 4.14. The van der Waals surface area contributed by atoms with Crippen LogP contribution in [0.5, 0.6) is 0 Å². The van der Waals surface area contributed by atoms with Crippen LogP contribution in [0, 0.1) is 0 Å². The van der Waals surface area contributed by atoms with Gasteiger partial charge in [-0.1, -0.05) is 0 Å². The van der Waals surface area contributed by atoms with Crippen molar-refractivity contribution >= 4 is 6.29 Å². The van der Waals surface area contributed by atoms with Crippen molar-refractivity contribution in [3.8, 4) is 0 Å². The summed E-state index contributed by atoms with van der Waals surface area (Å²) in [7, 11) is 2.11. The molecule has 1 unspecified atom stereocenters. The number of hydrogen-bond donors (Lipinski definition) is 0. The summed E-state index contributed by atoms with van der Waals surface area (Å²) in [6, 6.07) is 0. The third-order valence-corrected chi connectivity index (χ3v) is 2.83. The summed E-state index contributed by atoms with van der Waals surface area (Å²) in [6.07, 6.45) is 5.16. The van der Waals surface area contributed by atoms with Gasteiger partial charge in [0, 0.05) is 12.5 Å². The fraction of sp³-hybridized carbons (Fsp3) is 0.636. The van der Waals surface area contributed by atoms with Crippen LogP contribution in [0.1, 0.15) is 30.4 Å². The van der Waals surface area contributed by atoms with Gasteiger partial charge in [0.05, 0.1) is 12.6 Å². The van der Waals surface area contributed by atoms with E-state index in [1.165, 1.54) is 6.42 Å². The molecule has 1 aliphatic heterocycles. The lowest BCUT2D eigenvalue weighted by molar-refractivity contribution is -0.107. The maximum Gasteiger partial charge on any atom is 0.198 e. The first-order valence-corrected chi connectivity index (χ1v) is 5.36. The highest BCUT2D eigenvalue weighted by Crippen LogP contribution is 2.25. The van der Waals surface area contributed by atoms with Crippen LogP contribution in [0.4, 0.5) is 0 Å². The van der Waals surface area contributed by atoms with Crippen molar-refractivity contribution in [2.75, 3.05) is 20.1 Å². The molecule has 0 spiro atoms. The molecule has 82 valence electrons. The fourth-order valence-electron chi connectivity index (χ4n) is 2.06. The lowest BCUT2D eigenvalue weighted by Crippen LogP contribution is -2.30. The monoisotopic (exact) mass is 208 g/mol. The first kappa shape index (κ1) is 10.4. The highest BCUT2D eigenvalue weighted by Gasteiger charge is 2.22. The summed E-state index contributed by atoms with van der Waals surface area (Å²) in [5.41, 5.74) is 0. The average molecular weight is 208 g/mol. The Labute approximate surface area is 89.3 Å². The van der Waals surface area contributed by atoms with Crippen LogP contribution in [0.15, 0.2) is 10.6 Å². The number of oxazole rings is 1. The van der Waals surface area contributed by atoms with E-state index in [2.05, 4.69) is 16.9 Å². The highest BCUT2D eigenvalue weighted by atomic mass is 16.4. The highest BCUT2D eigenvalue weighted by molar-refractivity contribution is 5.52. The molecular weight excluding hydrogens is 192 g/mol. The smallest absolute Gasteiger partial charge is 0.198 e. The molecule has 2 heterocycles. The van der Waals surface area contributed by atoms with Crippen LogP contribution < -0.4 is 0 Å². The molecule has 1 atom stereocenters. The van der Waals surface area contributed by atoms with Crippen molar-refractivity contribution in [3.63, 3.8) is 0 Å². The molecule has 0 N–H and O–H groups in total. The number of likely N-dealkylation sites (tertiary alicyclic amines) is 1. The SMILES string of the molecule is CN1CCCC(c2ncc(CC=O)o2)C1. The van der Waals surface area contributed by atoms with E-state index in [0.717, 1.165) is 31.7 Å². The van der Waals surface area contributed by atoms with Crippen LogP contribution in [0.3, 0.4) is 0 Å². The van der Waals surface area contributed by atoms with Crippen LogP contribution in [0.25, 0.3) is 0 Å². The average Bonchev–Trinajstić information content (AvgIpc) is 2.67. The van der Waals surface area contributed by atoms with E-state index in [4.69, 9.17) is 4.42 Å². The van der Waals surface area contributed by atoms with Crippen molar-refractivity contribution < 1.29 is 9.21 Å². The van der Waals surface area contributed by atoms with Crippen molar-refractivity contribution in [3.05, 3.63) is 17.8 Å². The Morgan fingerprint density at radius 3 is 3.33 bits per heavy atom. The molecule has 1 aliphatic rings. The molecule has 0 radical (unpaired) electrons. The number of nitrogens with zero attached hydrogens (tertiary/aromatic N) is 2. The van der Waals surface area contributed by atoms with Gasteiger partial charge in [-0.25, -0.2) is 4.98 Å². The molecule has 0 amide bonds. The van der Waals surface area contributed by atoms with Crippen molar-refractivity contribution in [2.45, 2.75) is 25.2 Å². The Hall–Kier alpha value is -1.16. The Kier molecular flexibility index (Phi) is 3.16. The minimum atomic E-state index is 0.329. The molecule has 0 aliphatic carbocycles. The first-order chi connectivity index (χ1) is 7.29. The molecule has 1 fully saturated rings. The summed E-state index contributed by atoms with van der Waals surface area (Å²) < 4.78 is 5.54. The van der Waals surface area contributed by atoms with Gasteiger partial charge in [0.15, 0.2) is 5.89 Å².